The average Bonchev–Trinajstić information content (AvgIpc) is 3.35. The van der Waals surface area contributed by atoms with E-state index in [4.69, 9.17) is 9.98 Å². The zero-order valence-electron chi connectivity index (χ0n) is 16.6. The van der Waals surface area contributed by atoms with Gasteiger partial charge in [-0.15, -0.1) is 0 Å². The van der Waals surface area contributed by atoms with Gasteiger partial charge < -0.3 is 24.8 Å². The molecule has 0 N–H and O–H groups in total. The molecule has 144 valence electrons. The standard InChI is InChI=1S/2C11H11BN.2ClH.Zr/c2*1-2-10-8-13-11(12-10)9-6-4-3-5-7-9;;;/h2*3-8H,2H2,1H3;2*1H;/q;;;;+2/p-2. The van der Waals surface area contributed by atoms with Crippen molar-refractivity contribution in [2.75, 3.05) is 0 Å². The first kappa shape index (κ1) is 24.4. The van der Waals surface area contributed by atoms with Gasteiger partial charge in [-0.1, -0.05) is 0 Å². The second-order valence-corrected chi connectivity index (χ2v) is 11.4. The molecule has 0 fully saturated rings. The maximum absolute atomic E-state index is 5.13. The third-order valence-electron chi connectivity index (χ3n) is 5.28. The average molecular weight is 498 g/mol. The third kappa shape index (κ3) is 4.89. The van der Waals surface area contributed by atoms with E-state index in [1.165, 1.54) is 22.1 Å². The number of aliphatic imine (C=N–C) groups is 2. The van der Waals surface area contributed by atoms with Crippen LogP contribution in [0.1, 0.15) is 37.8 Å². The molecule has 0 saturated carbocycles. The van der Waals surface area contributed by atoms with Crippen LogP contribution in [0, 0.1) is 0 Å². The number of hydrogen-bond donors (Lipinski definition) is 0. The van der Waals surface area contributed by atoms with E-state index in [0.717, 1.165) is 12.8 Å². The van der Waals surface area contributed by atoms with Gasteiger partial charge in [0.25, 0.3) is 0 Å². The summed E-state index contributed by atoms with van der Waals surface area (Å²) in [6.45, 7) is 9.26. The Morgan fingerprint density at radius 1 is 0.690 bits per heavy atom. The van der Waals surface area contributed by atoms with Crippen molar-refractivity contribution in [2.45, 2.75) is 33.0 Å². The minimum absolute atomic E-state index is 0. The predicted molar refractivity (Wildman–Crippen MR) is 115 cm³/mol. The Kier molecular flexibility index (Phi) is 8.76. The summed E-state index contributed by atoms with van der Waals surface area (Å²) < 4.78 is -0.411. The number of nitrogens with zero attached hydrogens (tertiary/aromatic N) is 2. The molecule has 2 aliphatic heterocycles. The fraction of sp³-hybridized carbons (Fsp3) is 0.273. The van der Waals surface area contributed by atoms with Crippen LogP contribution in [-0.4, -0.2) is 37.2 Å². The fourth-order valence-corrected chi connectivity index (χ4v) is 8.57. The van der Waals surface area contributed by atoms with Crippen molar-refractivity contribution in [1.82, 2.24) is 0 Å². The molecule has 2 nitrogen and oxygen atoms in total. The van der Waals surface area contributed by atoms with E-state index >= 15 is 0 Å². The van der Waals surface area contributed by atoms with Gasteiger partial charge in [0.05, 0.1) is 0 Å². The van der Waals surface area contributed by atoms with Crippen LogP contribution in [-0.2, 0) is 29.5 Å². The molecule has 4 rings (SSSR count). The fourth-order valence-electron chi connectivity index (χ4n) is 3.71. The molecule has 0 aliphatic carbocycles. The first-order valence-corrected chi connectivity index (χ1v) is 12.1. The van der Waals surface area contributed by atoms with E-state index in [0.29, 0.717) is 0 Å². The van der Waals surface area contributed by atoms with E-state index in [1.807, 2.05) is 0 Å². The Labute approximate surface area is 198 Å². The molecule has 0 spiro atoms. The van der Waals surface area contributed by atoms with Crippen LogP contribution in [0.3, 0.4) is 0 Å². The molecule has 2 heterocycles. The van der Waals surface area contributed by atoms with Crippen LogP contribution < -0.4 is 24.8 Å². The molecular formula is C22H22B2Cl2N2Zr. The zero-order valence-corrected chi connectivity index (χ0v) is 20.6. The first-order chi connectivity index (χ1) is 13.2. The molecule has 0 saturated heterocycles. The van der Waals surface area contributed by atoms with Crippen molar-refractivity contribution in [3.63, 3.8) is 0 Å². The monoisotopic (exact) mass is 496 g/mol. The number of hydrogen-bond acceptors (Lipinski definition) is 2. The Bertz CT molecular complexity index is 870. The maximum Gasteiger partial charge on any atom is -1.00 e. The number of rotatable bonds is 6. The van der Waals surface area contributed by atoms with Crippen LogP contribution in [0.15, 0.2) is 70.6 Å². The van der Waals surface area contributed by atoms with Gasteiger partial charge in [-0.05, 0) is 0 Å². The van der Waals surface area contributed by atoms with Gasteiger partial charge in [-0.3, -0.25) is 0 Å². The van der Waals surface area contributed by atoms with Gasteiger partial charge in [-0.2, -0.15) is 0 Å². The summed E-state index contributed by atoms with van der Waals surface area (Å²) in [5.74, 6) is 0. The van der Waals surface area contributed by atoms with Gasteiger partial charge >= 0.3 is 175 Å². The third-order valence-corrected chi connectivity index (χ3v) is 9.92. The van der Waals surface area contributed by atoms with E-state index in [1.54, 1.807) is 0 Å². The van der Waals surface area contributed by atoms with Crippen LogP contribution in [0.25, 0.3) is 0 Å². The Morgan fingerprint density at radius 2 is 1.07 bits per heavy atom. The normalized spacial score (nSPS) is 23.7. The quantitative estimate of drug-likeness (QED) is 0.392. The number of halogens is 2. The van der Waals surface area contributed by atoms with Crippen LogP contribution in [0.4, 0.5) is 0 Å². The van der Waals surface area contributed by atoms with E-state index in [9.17, 15) is 0 Å². The molecule has 0 bridgehead atoms. The second-order valence-electron chi connectivity index (χ2n) is 7.05. The minimum Gasteiger partial charge on any atom is -1.00 e. The Balaban J connectivity index is 0.00000150. The second kappa shape index (κ2) is 10.4. The Morgan fingerprint density at radius 3 is 1.38 bits per heavy atom. The van der Waals surface area contributed by atoms with Crippen molar-refractivity contribution in [3.05, 3.63) is 71.8 Å². The predicted octanol–water partition coefficient (Wildman–Crippen LogP) is -2.56. The topological polar surface area (TPSA) is 24.7 Å². The minimum atomic E-state index is -1.25. The summed E-state index contributed by atoms with van der Waals surface area (Å²) >= 11 is -1.25. The van der Waals surface area contributed by atoms with E-state index in [-0.39, 0.29) is 31.1 Å². The molecule has 2 aromatic rings. The number of benzene rings is 2. The van der Waals surface area contributed by atoms with Crippen LogP contribution in [0.2, 0.25) is 0 Å². The van der Waals surface area contributed by atoms with Crippen molar-refractivity contribution in [2.24, 2.45) is 9.98 Å². The van der Waals surface area contributed by atoms with Crippen molar-refractivity contribution >= 4 is 37.2 Å². The Hall–Kier alpha value is -0.887. The van der Waals surface area contributed by atoms with Gasteiger partial charge in [0.15, 0.2) is 0 Å². The molecule has 0 radical (unpaired) electrons. The van der Waals surface area contributed by atoms with Gasteiger partial charge in [-0.25, -0.2) is 0 Å². The molecule has 2 atom stereocenters. The maximum atomic E-state index is 5.13. The van der Waals surface area contributed by atoms with Gasteiger partial charge in [0, 0.05) is 0 Å². The van der Waals surface area contributed by atoms with Crippen molar-refractivity contribution < 1.29 is 48.0 Å². The molecule has 2 aromatic carbocycles. The summed E-state index contributed by atoms with van der Waals surface area (Å²) in [4.78, 5) is 10.3. The zero-order chi connectivity index (χ0) is 18.7. The summed E-state index contributed by atoms with van der Waals surface area (Å²) in [5.41, 5.74) is 5.29. The molecule has 0 amide bonds. The smallest absolute Gasteiger partial charge is 1.00 e. The summed E-state index contributed by atoms with van der Waals surface area (Å²) in [6, 6.07) is 21.6. The van der Waals surface area contributed by atoms with Crippen LogP contribution in [0.5, 0.6) is 0 Å². The summed E-state index contributed by atoms with van der Waals surface area (Å²) in [5, 5.41) is 0. The largest absolute Gasteiger partial charge is 1.00 e. The van der Waals surface area contributed by atoms with Crippen molar-refractivity contribution in [1.29, 1.82) is 0 Å². The summed E-state index contributed by atoms with van der Waals surface area (Å²) in [7, 11) is 0. The molecule has 29 heavy (non-hydrogen) atoms. The molecule has 2 unspecified atom stereocenters. The molecule has 7 heteroatoms. The molecule has 0 aromatic heterocycles. The summed E-state index contributed by atoms with van der Waals surface area (Å²) in [6.07, 6.45) is 6.23. The van der Waals surface area contributed by atoms with Gasteiger partial charge in [0.2, 0.25) is 0 Å². The van der Waals surface area contributed by atoms with E-state index in [2.05, 4.69) is 101 Å². The molecule has 2 aliphatic rings. The van der Waals surface area contributed by atoms with E-state index < -0.39 is 23.2 Å². The van der Waals surface area contributed by atoms with Gasteiger partial charge in [0.1, 0.15) is 0 Å². The molecular weight excluding hydrogens is 476 g/mol. The van der Waals surface area contributed by atoms with Crippen LogP contribution >= 0.6 is 0 Å². The van der Waals surface area contributed by atoms with Crippen molar-refractivity contribution in [3.8, 4) is 0 Å². The SMILES string of the molecule is CCC1=B[C]([Zr+2][C]2(c3ccccc3)B=C(CC)C=N2)(c2ccccc2)N=C1.[Cl-].[Cl-]. The first-order valence-electron chi connectivity index (χ1n) is 9.64.